The normalized spacial score (nSPS) is 13.3. The third-order valence-corrected chi connectivity index (χ3v) is 4.25. The van der Waals surface area contributed by atoms with Crippen molar-refractivity contribution in [2.24, 2.45) is 0 Å². The second-order valence-electron chi connectivity index (χ2n) is 5.59. The number of para-hydroxylation sites is 1. The summed E-state index contributed by atoms with van der Waals surface area (Å²) in [7, 11) is 0. The molecule has 0 amide bonds. The lowest BCUT2D eigenvalue weighted by Crippen LogP contribution is -2.25. The zero-order valence-electron chi connectivity index (χ0n) is 12.6. The predicted molar refractivity (Wildman–Crippen MR) is 94.9 cm³/mol. The van der Waals surface area contributed by atoms with E-state index in [1.165, 1.54) is 11.1 Å². The van der Waals surface area contributed by atoms with Crippen molar-refractivity contribution in [2.45, 2.75) is 6.54 Å². The van der Waals surface area contributed by atoms with E-state index in [0.29, 0.717) is 11.4 Å². The number of ether oxygens (including phenoxy) is 1. The minimum Gasteiger partial charge on any atom is -0.489 e. The summed E-state index contributed by atoms with van der Waals surface area (Å²) in [6.07, 6.45) is 4.29. The Morgan fingerprint density at radius 2 is 2.00 bits per heavy atom. The first-order chi connectivity index (χ1) is 11.3. The topological polar surface area (TPSA) is 44.0 Å². The first-order valence-corrected chi connectivity index (χ1v) is 8.04. The largest absolute Gasteiger partial charge is 0.489 e. The van der Waals surface area contributed by atoms with Crippen LogP contribution in [0.4, 0.5) is 0 Å². The zero-order chi connectivity index (χ0) is 15.6. The summed E-state index contributed by atoms with van der Waals surface area (Å²) in [5.41, 5.74) is 4.55. The molecule has 0 atom stereocenters. The van der Waals surface area contributed by atoms with Crippen molar-refractivity contribution < 1.29 is 4.74 Å². The van der Waals surface area contributed by atoms with Crippen molar-refractivity contribution in [1.82, 2.24) is 14.9 Å². The second-order valence-corrected chi connectivity index (χ2v) is 6.00. The molecule has 0 aliphatic carbocycles. The maximum atomic E-state index is 5.95. The maximum absolute atomic E-state index is 5.95. The molecule has 0 bridgehead atoms. The van der Waals surface area contributed by atoms with Gasteiger partial charge in [-0.3, -0.25) is 0 Å². The van der Waals surface area contributed by atoms with Gasteiger partial charge in [0.15, 0.2) is 4.77 Å². The standard InChI is InChI=1S/C18H17N3OS/c23-18-19-15-6-3-7-16(17(15)20-18)22-11-10-21-9-8-13-4-1-2-5-14(13)12-21/h1-9H,10-12H2,(H2,19,20,23). The predicted octanol–water partition coefficient (Wildman–Crippen LogP) is 4.09. The third kappa shape index (κ3) is 2.87. The van der Waals surface area contributed by atoms with Gasteiger partial charge in [-0.2, -0.15) is 0 Å². The van der Waals surface area contributed by atoms with Gasteiger partial charge in [0.2, 0.25) is 0 Å². The Hall–Kier alpha value is -2.53. The molecule has 4 rings (SSSR count). The van der Waals surface area contributed by atoms with Crippen LogP contribution in [0.15, 0.2) is 48.7 Å². The molecule has 0 fully saturated rings. The van der Waals surface area contributed by atoms with E-state index in [4.69, 9.17) is 17.0 Å². The van der Waals surface area contributed by atoms with Gasteiger partial charge in [0, 0.05) is 12.7 Å². The van der Waals surface area contributed by atoms with Gasteiger partial charge in [-0.25, -0.2) is 0 Å². The molecule has 23 heavy (non-hydrogen) atoms. The molecular weight excluding hydrogens is 306 g/mol. The van der Waals surface area contributed by atoms with Gasteiger partial charge in [0.1, 0.15) is 17.9 Å². The van der Waals surface area contributed by atoms with Crippen molar-refractivity contribution in [3.05, 3.63) is 64.6 Å². The van der Waals surface area contributed by atoms with Crippen molar-refractivity contribution in [2.75, 3.05) is 13.2 Å². The van der Waals surface area contributed by atoms with Gasteiger partial charge in [0.25, 0.3) is 0 Å². The summed E-state index contributed by atoms with van der Waals surface area (Å²) < 4.78 is 6.57. The highest BCUT2D eigenvalue weighted by atomic mass is 32.1. The van der Waals surface area contributed by atoms with Crippen LogP contribution in [0.25, 0.3) is 17.1 Å². The van der Waals surface area contributed by atoms with Gasteiger partial charge < -0.3 is 19.6 Å². The number of aromatic nitrogens is 2. The van der Waals surface area contributed by atoms with Crippen molar-refractivity contribution in [1.29, 1.82) is 0 Å². The molecule has 1 aliphatic rings. The lowest BCUT2D eigenvalue weighted by atomic mass is 10.0. The van der Waals surface area contributed by atoms with E-state index < -0.39 is 0 Å². The summed E-state index contributed by atoms with van der Waals surface area (Å²) in [6, 6.07) is 14.4. The second kappa shape index (κ2) is 5.93. The number of hydrogen-bond acceptors (Lipinski definition) is 3. The Morgan fingerprint density at radius 3 is 2.96 bits per heavy atom. The van der Waals surface area contributed by atoms with E-state index in [2.05, 4.69) is 51.4 Å². The number of nitrogens with zero attached hydrogens (tertiary/aromatic N) is 1. The number of benzene rings is 2. The molecule has 2 aromatic carbocycles. The minimum absolute atomic E-state index is 0.617. The molecule has 3 aromatic rings. The van der Waals surface area contributed by atoms with E-state index in [-0.39, 0.29) is 0 Å². The fourth-order valence-electron chi connectivity index (χ4n) is 2.88. The highest BCUT2D eigenvalue weighted by molar-refractivity contribution is 7.71. The maximum Gasteiger partial charge on any atom is 0.175 e. The molecule has 2 N–H and O–H groups in total. The van der Waals surface area contributed by atoms with Gasteiger partial charge in [-0.05, 0) is 41.6 Å². The van der Waals surface area contributed by atoms with Crippen LogP contribution in [-0.2, 0) is 6.54 Å². The molecule has 5 heteroatoms. The molecule has 0 spiro atoms. The number of H-pyrrole nitrogens is 2. The lowest BCUT2D eigenvalue weighted by Gasteiger charge is -2.25. The van der Waals surface area contributed by atoms with Crippen LogP contribution in [-0.4, -0.2) is 28.0 Å². The number of rotatable bonds is 4. The highest BCUT2D eigenvalue weighted by Gasteiger charge is 2.10. The molecule has 4 nitrogen and oxygen atoms in total. The average molecular weight is 323 g/mol. The van der Waals surface area contributed by atoms with Gasteiger partial charge in [-0.15, -0.1) is 0 Å². The summed E-state index contributed by atoms with van der Waals surface area (Å²) in [5.74, 6) is 0.830. The quantitative estimate of drug-likeness (QED) is 0.711. The lowest BCUT2D eigenvalue weighted by molar-refractivity contribution is 0.251. The number of nitrogens with one attached hydrogen (secondary N) is 2. The van der Waals surface area contributed by atoms with E-state index >= 15 is 0 Å². The summed E-state index contributed by atoms with van der Waals surface area (Å²) >= 11 is 5.14. The van der Waals surface area contributed by atoms with Crippen molar-refractivity contribution in [3.63, 3.8) is 0 Å². The van der Waals surface area contributed by atoms with Crippen LogP contribution < -0.4 is 4.74 Å². The average Bonchev–Trinajstić information content (AvgIpc) is 2.96. The number of fused-ring (bicyclic) bond motifs is 2. The van der Waals surface area contributed by atoms with Gasteiger partial charge >= 0.3 is 0 Å². The molecule has 0 radical (unpaired) electrons. The van der Waals surface area contributed by atoms with E-state index in [9.17, 15) is 0 Å². The van der Waals surface area contributed by atoms with Gasteiger partial charge in [-0.1, -0.05) is 30.3 Å². The summed E-state index contributed by atoms with van der Waals surface area (Å²) in [4.78, 5) is 8.51. The Morgan fingerprint density at radius 1 is 1.09 bits per heavy atom. The third-order valence-electron chi connectivity index (χ3n) is 4.04. The minimum atomic E-state index is 0.617. The van der Waals surface area contributed by atoms with Crippen LogP contribution in [0.3, 0.4) is 0 Å². The molecule has 116 valence electrons. The van der Waals surface area contributed by atoms with Crippen LogP contribution in [0.5, 0.6) is 5.75 Å². The monoisotopic (exact) mass is 323 g/mol. The Bertz CT molecular complexity index is 925. The van der Waals surface area contributed by atoms with Crippen LogP contribution in [0.1, 0.15) is 11.1 Å². The smallest absolute Gasteiger partial charge is 0.175 e. The molecular formula is C18H17N3OS. The van der Waals surface area contributed by atoms with E-state index in [1.807, 2.05) is 18.2 Å². The Balaban J connectivity index is 1.42. The molecule has 1 aromatic heterocycles. The highest BCUT2D eigenvalue weighted by Crippen LogP contribution is 2.23. The fraction of sp³-hybridized carbons (Fsp3) is 0.167. The molecule has 0 saturated heterocycles. The molecule has 1 aliphatic heterocycles. The summed E-state index contributed by atoms with van der Waals surface area (Å²) in [5, 5.41) is 0. The first kappa shape index (κ1) is 14.1. The first-order valence-electron chi connectivity index (χ1n) is 7.63. The Labute approximate surface area is 139 Å². The van der Waals surface area contributed by atoms with E-state index in [0.717, 1.165) is 29.9 Å². The number of hydrogen-bond donors (Lipinski definition) is 2. The van der Waals surface area contributed by atoms with Gasteiger partial charge in [0.05, 0.1) is 12.1 Å². The van der Waals surface area contributed by atoms with Crippen LogP contribution >= 0.6 is 12.2 Å². The fourth-order valence-corrected chi connectivity index (χ4v) is 3.09. The van der Waals surface area contributed by atoms with Crippen LogP contribution in [0, 0.1) is 4.77 Å². The number of imidazole rings is 1. The Kier molecular flexibility index (Phi) is 3.63. The molecule has 2 heterocycles. The van der Waals surface area contributed by atoms with E-state index in [1.54, 1.807) is 0 Å². The van der Waals surface area contributed by atoms with Crippen LogP contribution in [0.2, 0.25) is 0 Å². The number of aromatic amines is 2. The summed E-state index contributed by atoms with van der Waals surface area (Å²) in [6.45, 7) is 2.39. The van der Waals surface area contributed by atoms with Crippen molar-refractivity contribution >= 4 is 29.3 Å². The molecule has 0 unspecified atom stereocenters. The van der Waals surface area contributed by atoms with Crippen molar-refractivity contribution in [3.8, 4) is 5.75 Å². The zero-order valence-corrected chi connectivity index (χ0v) is 13.4. The SMILES string of the molecule is S=c1[nH]c2cccc(OCCN3C=Cc4ccccc4C3)c2[nH]1. The molecule has 0 saturated carbocycles.